The van der Waals surface area contributed by atoms with Crippen LogP contribution >= 0.6 is 34.8 Å². The van der Waals surface area contributed by atoms with E-state index in [1.165, 1.54) is 0 Å². The second kappa shape index (κ2) is 8.56. The van der Waals surface area contributed by atoms with Crippen molar-refractivity contribution < 1.29 is 4.79 Å². The van der Waals surface area contributed by atoms with Gasteiger partial charge in [-0.3, -0.25) is 4.79 Å². The van der Waals surface area contributed by atoms with Gasteiger partial charge in [0.1, 0.15) is 6.07 Å². The van der Waals surface area contributed by atoms with Crippen molar-refractivity contribution in [1.82, 2.24) is 5.32 Å². The van der Waals surface area contributed by atoms with Crippen molar-refractivity contribution in [3.63, 3.8) is 0 Å². The minimum Gasteiger partial charge on any atom is -0.367 e. The van der Waals surface area contributed by atoms with Gasteiger partial charge in [-0.1, -0.05) is 29.8 Å². The summed E-state index contributed by atoms with van der Waals surface area (Å²) < 4.78 is 0. The third-order valence-electron chi connectivity index (χ3n) is 5.04. The fourth-order valence-corrected chi connectivity index (χ4v) is 4.11. The molecule has 0 radical (unpaired) electrons. The molecule has 142 valence electrons. The fourth-order valence-electron chi connectivity index (χ4n) is 3.51. The molecule has 0 aromatic heterocycles. The van der Waals surface area contributed by atoms with Gasteiger partial charge in [0, 0.05) is 18.3 Å². The summed E-state index contributed by atoms with van der Waals surface area (Å²) >= 11 is 18.3. The number of amides is 1. The third kappa shape index (κ3) is 4.60. The van der Waals surface area contributed by atoms with Crippen LogP contribution in [0.2, 0.25) is 5.02 Å². The van der Waals surface area contributed by atoms with E-state index in [4.69, 9.17) is 40.1 Å². The first-order chi connectivity index (χ1) is 12.9. The number of hydrogen-bond donors (Lipinski definition) is 1. The Morgan fingerprint density at radius 3 is 2.81 bits per heavy atom. The zero-order valence-electron chi connectivity index (χ0n) is 14.8. The Bertz CT molecular complexity index is 830. The molecule has 4 atom stereocenters. The van der Waals surface area contributed by atoms with Crippen LogP contribution in [0, 0.1) is 11.3 Å². The van der Waals surface area contributed by atoms with E-state index in [1.54, 1.807) is 6.07 Å². The SMILES string of the molecule is C[C@H]1C(NC(=O)CC2=CC(Cl)C(Cl)C=C2)CCN1c1ccc(C#N)c(Cl)c1. The van der Waals surface area contributed by atoms with Gasteiger partial charge in [-0.05, 0) is 37.1 Å². The lowest BCUT2D eigenvalue weighted by Gasteiger charge is -2.27. The van der Waals surface area contributed by atoms with Crippen LogP contribution in [0.1, 0.15) is 25.3 Å². The summed E-state index contributed by atoms with van der Waals surface area (Å²) in [6.07, 6.45) is 6.65. The van der Waals surface area contributed by atoms with Crippen LogP contribution in [0.4, 0.5) is 5.69 Å². The van der Waals surface area contributed by atoms with Crippen LogP contribution in [0.5, 0.6) is 0 Å². The first-order valence-electron chi connectivity index (χ1n) is 8.81. The quantitative estimate of drug-likeness (QED) is 0.729. The van der Waals surface area contributed by atoms with Crippen molar-refractivity contribution >= 4 is 46.4 Å². The van der Waals surface area contributed by atoms with Gasteiger partial charge in [0.2, 0.25) is 5.91 Å². The summed E-state index contributed by atoms with van der Waals surface area (Å²) in [5.74, 6) is -0.0284. The van der Waals surface area contributed by atoms with Gasteiger partial charge in [-0.25, -0.2) is 0 Å². The van der Waals surface area contributed by atoms with E-state index < -0.39 is 0 Å². The molecule has 0 spiro atoms. The molecular weight excluding hydrogens is 405 g/mol. The predicted molar refractivity (Wildman–Crippen MR) is 111 cm³/mol. The van der Waals surface area contributed by atoms with E-state index in [9.17, 15) is 4.79 Å². The van der Waals surface area contributed by atoms with Crippen LogP contribution in [-0.4, -0.2) is 35.3 Å². The normalized spacial score (nSPS) is 27.2. The highest BCUT2D eigenvalue weighted by molar-refractivity contribution is 6.32. The van der Waals surface area contributed by atoms with Crippen LogP contribution in [0.3, 0.4) is 0 Å². The Morgan fingerprint density at radius 1 is 1.37 bits per heavy atom. The zero-order chi connectivity index (χ0) is 19.6. The summed E-state index contributed by atoms with van der Waals surface area (Å²) in [6.45, 7) is 2.89. The van der Waals surface area contributed by atoms with Crippen molar-refractivity contribution in [3.8, 4) is 6.07 Å². The van der Waals surface area contributed by atoms with Gasteiger partial charge in [0.15, 0.2) is 0 Å². The minimum absolute atomic E-state index is 0.0284. The van der Waals surface area contributed by atoms with Crippen LogP contribution in [0.25, 0.3) is 0 Å². The van der Waals surface area contributed by atoms with Gasteiger partial charge in [0.05, 0.1) is 33.8 Å². The van der Waals surface area contributed by atoms with E-state index in [2.05, 4.69) is 23.2 Å². The lowest BCUT2D eigenvalue weighted by molar-refractivity contribution is -0.121. The Hall–Kier alpha value is -1.67. The highest BCUT2D eigenvalue weighted by atomic mass is 35.5. The van der Waals surface area contributed by atoms with Gasteiger partial charge in [0.25, 0.3) is 0 Å². The fraction of sp³-hybridized carbons (Fsp3) is 0.400. The molecule has 1 aliphatic carbocycles. The van der Waals surface area contributed by atoms with Crippen molar-refractivity contribution in [2.45, 2.75) is 42.6 Å². The molecule has 4 nitrogen and oxygen atoms in total. The lowest BCUT2D eigenvalue weighted by atomic mass is 10.0. The third-order valence-corrected chi connectivity index (χ3v) is 6.30. The molecule has 27 heavy (non-hydrogen) atoms. The molecule has 2 aliphatic rings. The van der Waals surface area contributed by atoms with Crippen molar-refractivity contribution in [2.24, 2.45) is 0 Å². The van der Waals surface area contributed by atoms with Crippen molar-refractivity contribution in [1.29, 1.82) is 5.26 Å². The van der Waals surface area contributed by atoms with E-state index in [-0.39, 0.29) is 35.2 Å². The predicted octanol–water partition coefficient (Wildman–Crippen LogP) is 4.40. The molecule has 7 heteroatoms. The van der Waals surface area contributed by atoms with Crippen molar-refractivity contribution in [3.05, 3.63) is 52.6 Å². The van der Waals surface area contributed by atoms with E-state index >= 15 is 0 Å². The number of allylic oxidation sites excluding steroid dienone is 3. The molecule has 1 aliphatic heterocycles. The smallest absolute Gasteiger partial charge is 0.224 e. The van der Waals surface area contributed by atoms with Gasteiger partial charge >= 0.3 is 0 Å². The molecule has 1 aromatic rings. The maximum absolute atomic E-state index is 12.4. The summed E-state index contributed by atoms with van der Waals surface area (Å²) in [7, 11) is 0. The highest BCUT2D eigenvalue weighted by Gasteiger charge is 2.32. The van der Waals surface area contributed by atoms with Crippen LogP contribution < -0.4 is 10.2 Å². The first-order valence-corrected chi connectivity index (χ1v) is 10.1. The van der Waals surface area contributed by atoms with E-state index in [0.29, 0.717) is 10.6 Å². The van der Waals surface area contributed by atoms with Gasteiger partial charge < -0.3 is 10.2 Å². The summed E-state index contributed by atoms with van der Waals surface area (Å²) in [6, 6.07) is 7.67. The number of carbonyl (C=O) groups is 1. The molecular formula is C20H20Cl3N3O. The van der Waals surface area contributed by atoms with Crippen molar-refractivity contribution in [2.75, 3.05) is 11.4 Å². The maximum Gasteiger partial charge on any atom is 0.224 e. The molecule has 1 fully saturated rings. The summed E-state index contributed by atoms with van der Waals surface area (Å²) in [5.41, 5.74) is 2.30. The second-order valence-electron chi connectivity index (χ2n) is 6.84. The monoisotopic (exact) mass is 423 g/mol. The van der Waals surface area contributed by atoms with Crippen LogP contribution in [-0.2, 0) is 4.79 Å². The molecule has 0 saturated carbocycles. The second-order valence-corrected chi connectivity index (χ2v) is 8.25. The lowest BCUT2D eigenvalue weighted by Crippen LogP contribution is -2.43. The van der Waals surface area contributed by atoms with Gasteiger partial charge in [-0.15, -0.1) is 23.2 Å². The average molecular weight is 425 g/mol. The van der Waals surface area contributed by atoms with E-state index in [0.717, 1.165) is 24.2 Å². The largest absolute Gasteiger partial charge is 0.367 e. The number of carbonyl (C=O) groups excluding carboxylic acids is 1. The Balaban J connectivity index is 1.60. The number of nitrogens with one attached hydrogen (secondary N) is 1. The molecule has 1 amide bonds. The number of hydrogen-bond acceptors (Lipinski definition) is 3. The number of nitrogens with zero attached hydrogens (tertiary/aromatic N) is 2. The molecule has 1 N–H and O–H groups in total. The maximum atomic E-state index is 12.4. The average Bonchev–Trinajstić information content (AvgIpc) is 2.98. The minimum atomic E-state index is -0.290. The highest BCUT2D eigenvalue weighted by Crippen LogP contribution is 2.29. The van der Waals surface area contributed by atoms with E-state index in [1.807, 2.05) is 30.4 Å². The molecule has 3 rings (SSSR count). The topological polar surface area (TPSA) is 56.1 Å². The number of rotatable bonds is 4. The molecule has 1 heterocycles. The van der Waals surface area contributed by atoms with Crippen LogP contribution in [0.15, 0.2) is 42.0 Å². The Labute approximate surface area is 174 Å². The number of alkyl halides is 2. The molecule has 0 bridgehead atoms. The Morgan fingerprint density at radius 2 is 2.15 bits per heavy atom. The number of anilines is 1. The molecule has 1 aromatic carbocycles. The van der Waals surface area contributed by atoms with Gasteiger partial charge in [-0.2, -0.15) is 5.26 Å². The first kappa shape index (κ1) is 20.1. The molecule has 3 unspecified atom stereocenters. The number of benzene rings is 1. The standard InChI is InChI=1S/C20H20Cl3N3O/c1-12-19(25-20(27)9-13-2-5-16(21)18(23)8-13)6-7-26(12)15-4-3-14(11-24)17(22)10-15/h2-5,8,10,12,16,18-19H,6-7,9H2,1H3,(H,25,27)/t12-,16?,18?,19?/m0/s1. The Kier molecular flexibility index (Phi) is 6.37. The number of halogens is 3. The molecule has 1 saturated heterocycles. The zero-order valence-corrected chi connectivity index (χ0v) is 17.1. The number of nitriles is 1. The summed E-state index contributed by atoms with van der Waals surface area (Å²) in [5, 5.41) is 12.1. The summed E-state index contributed by atoms with van der Waals surface area (Å²) in [4.78, 5) is 14.6.